The Morgan fingerprint density at radius 2 is 1.68 bits per heavy atom. The fraction of sp³-hybridized carbons (Fsp3) is 0.188. The van der Waals surface area contributed by atoms with Crippen LogP contribution in [-0.2, 0) is 9.84 Å². The van der Waals surface area contributed by atoms with Gasteiger partial charge in [0.25, 0.3) is 5.91 Å². The Morgan fingerprint density at radius 3 is 2.32 bits per heavy atom. The van der Waals surface area contributed by atoms with Crippen LogP contribution in [0.2, 0.25) is 0 Å². The molecule has 0 radical (unpaired) electrons. The molecule has 5 nitrogen and oxygen atoms in total. The van der Waals surface area contributed by atoms with E-state index < -0.39 is 15.2 Å². The first-order chi connectivity index (χ1) is 10.5. The number of benzene rings is 2. The maximum atomic E-state index is 12.9. The van der Waals surface area contributed by atoms with Gasteiger partial charge in [-0.1, -0.05) is 24.3 Å². The second-order valence-electron chi connectivity index (χ2n) is 5.08. The van der Waals surface area contributed by atoms with E-state index in [-0.39, 0.29) is 16.4 Å². The smallest absolute Gasteiger partial charge is 0.256 e. The number of hydrogen-bond acceptors (Lipinski definition) is 4. The minimum absolute atomic E-state index is 0.0823. The topological polar surface area (TPSA) is 63.7 Å². The molecule has 6 heteroatoms. The number of carbonyl (C=O) groups is 1. The van der Waals surface area contributed by atoms with Gasteiger partial charge in [0.2, 0.25) is 9.84 Å². The molecule has 0 N–H and O–H groups in total. The number of rotatable bonds is 2. The van der Waals surface area contributed by atoms with Gasteiger partial charge in [0, 0.05) is 7.05 Å². The van der Waals surface area contributed by atoms with Crippen LogP contribution >= 0.6 is 0 Å². The highest BCUT2D eigenvalue weighted by molar-refractivity contribution is 7.91. The summed E-state index contributed by atoms with van der Waals surface area (Å²) < 4.78 is 30.9. The number of nitrogens with zero attached hydrogens (tertiary/aromatic N) is 1. The number of ether oxygens (including phenoxy) is 1. The van der Waals surface area contributed by atoms with Crippen molar-refractivity contribution in [2.75, 3.05) is 14.2 Å². The van der Waals surface area contributed by atoms with Crippen molar-refractivity contribution in [2.45, 2.75) is 10.3 Å². The number of fused-ring (bicyclic) bond motifs is 1. The summed E-state index contributed by atoms with van der Waals surface area (Å²) in [5.74, 6) is 0.331. The molecule has 0 saturated carbocycles. The summed E-state index contributed by atoms with van der Waals surface area (Å²) >= 11 is 0. The van der Waals surface area contributed by atoms with Gasteiger partial charge in [-0.05, 0) is 29.8 Å². The Hall–Kier alpha value is -2.34. The quantitative estimate of drug-likeness (QED) is 0.852. The molecule has 114 valence electrons. The zero-order chi connectivity index (χ0) is 15.9. The molecule has 0 aromatic heterocycles. The molecule has 0 fully saturated rings. The fourth-order valence-corrected chi connectivity index (χ4v) is 4.69. The lowest BCUT2D eigenvalue weighted by atomic mass is 10.1. The Morgan fingerprint density at radius 1 is 1.05 bits per heavy atom. The Balaban J connectivity index is 2.18. The van der Waals surface area contributed by atoms with Gasteiger partial charge >= 0.3 is 0 Å². The number of methoxy groups -OCH3 is 1. The molecule has 1 amide bonds. The summed E-state index contributed by atoms with van der Waals surface area (Å²) in [6.45, 7) is 0. The summed E-state index contributed by atoms with van der Waals surface area (Å²) in [6, 6.07) is 13.0. The van der Waals surface area contributed by atoms with Crippen LogP contribution in [0.25, 0.3) is 0 Å². The van der Waals surface area contributed by atoms with Gasteiger partial charge in [-0.15, -0.1) is 0 Å². The van der Waals surface area contributed by atoms with Crippen LogP contribution in [0.15, 0.2) is 53.4 Å². The highest BCUT2D eigenvalue weighted by Gasteiger charge is 2.42. The third-order valence-electron chi connectivity index (χ3n) is 3.79. The maximum absolute atomic E-state index is 12.9. The first-order valence-electron chi connectivity index (χ1n) is 6.71. The molecule has 2 aromatic carbocycles. The first-order valence-corrected chi connectivity index (χ1v) is 8.25. The van der Waals surface area contributed by atoms with E-state index in [9.17, 15) is 13.2 Å². The predicted octanol–water partition coefficient (Wildman–Crippen LogP) is 2.25. The molecule has 0 aliphatic carbocycles. The molecule has 1 heterocycles. The van der Waals surface area contributed by atoms with Crippen molar-refractivity contribution in [2.24, 2.45) is 0 Å². The molecular formula is C16H15NO4S. The fourth-order valence-electron chi connectivity index (χ4n) is 2.69. The van der Waals surface area contributed by atoms with Crippen LogP contribution in [0.5, 0.6) is 5.75 Å². The van der Waals surface area contributed by atoms with Gasteiger partial charge in [0.1, 0.15) is 5.75 Å². The zero-order valence-corrected chi connectivity index (χ0v) is 13.0. The van der Waals surface area contributed by atoms with Gasteiger partial charge < -0.3 is 9.64 Å². The number of amides is 1. The lowest BCUT2D eigenvalue weighted by molar-refractivity contribution is 0.0761. The van der Waals surface area contributed by atoms with E-state index in [1.807, 2.05) is 0 Å². The van der Waals surface area contributed by atoms with Gasteiger partial charge in [-0.25, -0.2) is 8.42 Å². The standard InChI is InChI=1S/C16H15NO4S/c1-17-15(18)13-5-3-4-6-14(13)22(19,20)16(17)11-7-9-12(21-2)10-8-11/h3-10,16H,1-2H3/t16-/m0/s1. The van der Waals surface area contributed by atoms with E-state index in [0.29, 0.717) is 11.3 Å². The van der Waals surface area contributed by atoms with Crippen molar-refractivity contribution >= 4 is 15.7 Å². The molecule has 0 bridgehead atoms. The van der Waals surface area contributed by atoms with E-state index in [1.54, 1.807) is 36.4 Å². The van der Waals surface area contributed by atoms with Gasteiger partial charge in [0.15, 0.2) is 5.37 Å². The van der Waals surface area contributed by atoms with Crippen LogP contribution in [-0.4, -0.2) is 33.4 Å². The van der Waals surface area contributed by atoms with Crippen LogP contribution in [0.1, 0.15) is 21.3 Å². The summed E-state index contributed by atoms with van der Waals surface area (Å²) in [6.07, 6.45) is 0. The summed E-state index contributed by atoms with van der Waals surface area (Å²) in [5.41, 5.74) is 0.751. The molecule has 0 saturated heterocycles. The van der Waals surface area contributed by atoms with Crippen molar-refractivity contribution in [3.05, 3.63) is 59.7 Å². The van der Waals surface area contributed by atoms with Gasteiger partial charge in [0.05, 0.1) is 17.6 Å². The highest BCUT2D eigenvalue weighted by atomic mass is 32.2. The lowest BCUT2D eigenvalue weighted by Gasteiger charge is -2.33. The van der Waals surface area contributed by atoms with Gasteiger partial charge in [-0.2, -0.15) is 0 Å². The number of carbonyl (C=O) groups excluding carboxylic acids is 1. The lowest BCUT2D eigenvalue weighted by Crippen LogP contribution is -2.41. The minimum atomic E-state index is -3.67. The number of hydrogen-bond donors (Lipinski definition) is 0. The predicted molar refractivity (Wildman–Crippen MR) is 81.5 cm³/mol. The summed E-state index contributed by atoms with van der Waals surface area (Å²) in [4.78, 5) is 13.8. The minimum Gasteiger partial charge on any atom is -0.497 e. The largest absolute Gasteiger partial charge is 0.497 e. The first kappa shape index (κ1) is 14.6. The second kappa shape index (κ2) is 5.14. The molecule has 22 heavy (non-hydrogen) atoms. The summed E-state index contributed by atoms with van der Waals surface area (Å²) in [5, 5.41) is -1.03. The average molecular weight is 317 g/mol. The van der Waals surface area contributed by atoms with Gasteiger partial charge in [-0.3, -0.25) is 4.79 Å². The van der Waals surface area contributed by atoms with Crippen molar-refractivity contribution in [1.29, 1.82) is 0 Å². The van der Waals surface area contributed by atoms with Crippen LogP contribution in [0.4, 0.5) is 0 Å². The van der Waals surface area contributed by atoms with Crippen molar-refractivity contribution in [1.82, 2.24) is 4.90 Å². The number of sulfone groups is 1. The van der Waals surface area contributed by atoms with Crippen molar-refractivity contribution < 1.29 is 17.9 Å². The molecule has 2 aromatic rings. The molecule has 1 aliphatic heterocycles. The van der Waals surface area contributed by atoms with E-state index in [4.69, 9.17) is 4.74 Å². The van der Waals surface area contributed by atoms with E-state index >= 15 is 0 Å². The Bertz CT molecular complexity index is 827. The van der Waals surface area contributed by atoms with E-state index in [1.165, 1.54) is 31.2 Å². The monoisotopic (exact) mass is 317 g/mol. The summed E-state index contributed by atoms with van der Waals surface area (Å²) in [7, 11) is -0.629. The molecule has 1 aliphatic rings. The van der Waals surface area contributed by atoms with E-state index in [0.717, 1.165) is 0 Å². The second-order valence-corrected chi connectivity index (χ2v) is 7.06. The normalized spacial score (nSPS) is 19.6. The van der Waals surface area contributed by atoms with Crippen molar-refractivity contribution in [3.8, 4) is 5.75 Å². The SMILES string of the molecule is COc1ccc([C@H]2N(C)C(=O)c3ccccc3S2(=O)=O)cc1. The molecule has 0 spiro atoms. The highest BCUT2D eigenvalue weighted by Crippen LogP contribution is 2.38. The molecular weight excluding hydrogens is 302 g/mol. The van der Waals surface area contributed by atoms with Crippen LogP contribution < -0.4 is 4.74 Å². The van der Waals surface area contributed by atoms with Crippen molar-refractivity contribution in [3.63, 3.8) is 0 Å². The Labute approximate surface area is 129 Å². The third kappa shape index (κ3) is 2.07. The van der Waals surface area contributed by atoms with Crippen LogP contribution in [0, 0.1) is 0 Å². The van der Waals surface area contributed by atoms with E-state index in [2.05, 4.69) is 0 Å². The Kier molecular flexibility index (Phi) is 3.41. The third-order valence-corrected chi connectivity index (χ3v) is 5.94. The zero-order valence-electron chi connectivity index (χ0n) is 12.2. The van der Waals surface area contributed by atoms with Crippen LogP contribution in [0.3, 0.4) is 0 Å². The molecule has 0 unspecified atom stereocenters. The molecule has 3 rings (SSSR count). The molecule has 1 atom stereocenters. The average Bonchev–Trinajstić information content (AvgIpc) is 2.53. The maximum Gasteiger partial charge on any atom is 0.256 e.